The quantitative estimate of drug-likeness (QED) is 0.696. The topological polar surface area (TPSA) is 27.1 Å². The zero-order valence-electron chi connectivity index (χ0n) is 11.3. The zero-order chi connectivity index (χ0) is 13.4. The van der Waals surface area contributed by atoms with Crippen molar-refractivity contribution in [1.29, 1.82) is 0 Å². The molecule has 0 saturated carbocycles. The summed E-state index contributed by atoms with van der Waals surface area (Å²) in [5.74, 6) is 1.83. The van der Waals surface area contributed by atoms with Crippen LogP contribution in [0.4, 0.5) is 0 Å². The Morgan fingerprint density at radius 1 is 1.05 bits per heavy atom. The Kier molecular flexibility index (Phi) is 2.75. The summed E-state index contributed by atoms with van der Waals surface area (Å²) in [4.78, 5) is 4.60. The van der Waals surface area contributed by atoms with E-state index in [0.29, 0.717) is 0 Å². The molecule has 1 heterocycles. The molecule has 0 unspecified atom stereocenters. The van der Waals surface area contributed by atoms with E-state index in [0.717, 1.165) is 28.3 Å². The second-order valence-electron chi connectivity index (χ2n) is 4.69. The standard InChI is InChI=1S/C16H16N2O/c1-11-5-4-6-13(9-11)18-12(2)17-15-8-7-14(19-3)10-16(15)18/h4-10H,1-3H3. The highest BCUT2D eigenvalue weighted by Gasteiger charge is 2.10. The van der Waals surface area contributed by atoms with Gasteiger partial charge in [0.05, 0.1) is 18.1 Å². The normalized spacial score (nSPS) is 10.9. The highest BCUT2D eigenvalue weighted by Crippen LogP contribution is 2.25. The number of methoxy groups -OCH3 is 1. The average molecular weight is 252 g/mol. The summed E-state index contributed by atoms with van der Waals surface area (Å²) in [6, 6.07) is 14.4. The van der Waals surface area contributed by atoms with Crippen molar-refractivity contribution in [2.24, 2.45) is 0 Å². The minimum Gasteiger partial charge on any atom is -0.497 e. The lowest BCUT2D eigenvalue weighted by Gasteiger charge is -2.08. The van der Waals surface area contributed by atoms with E-state index in [1.807, 2.05) is 25.1 Å². The van der Waals surface area contributed by atoms with Crippen molar-refractivity contribution >= 4 is 11.0 Å². The van der Waals surface area contributed by atoms with E-state index < -0.39 is 0 Å². The molecule has 0 spiro atoms. The van der Waals surface area contributed by atoms with Crippen molar-refractivity contribution in [3.63, 3.8) is 0 Å². The SMILES string of the molecule is COc1ccc2nc(C)n(-c3cccc(C)c3)c2c1. The van der Waals surface area contributed by atoms with Gasteiger partial charge in [0.25, 0.3) is 0 Å². The Bertz CT molecular complexity index is 744. The first kappa shape index (κ1) is 11.8. The minimum atomic E-state index is 0.848. The van der Waals surface area contributed by atoms with E-state index in [-0.39, 0.29) is 0 Å². The zero-order valence-corrected chi connectivity index (χ0v) is 11.3. The molecule has 19 heavy (non-hydrogen) atoms. The van der Waals surface area contributed by atoms with Crippen LogP contribution >= 0.6 is 0 Å². The number of hydrogen-bond acceptors (Lipinski definition) is 2. The molecule has 96 valence electrons. The third kappa shape index (κ3) is 1.97. The molecule has 3 aromatic rings. The smallest absolute Gasteiger partial charge is 0.121 e. The number of rotatable bonds is 2. The van der Waals surface area contributed by atoms with Crippen LogP contribution < -0.4 is 4.74 Å². The summed E-state index contributed by atoms with van der Waals surface area (Å²) in [5.41, 5.74) is 4.43. The molecule has 3 rings (SSSR count). The molecule has 3 nitrogen and oxygen atoms in total. The van der Waals surface area contributed by atoms with Crippen LogP contribution in [0.3, 0.4) is 0 Å². The Morgan fingerprint density at radius 2 is 1.89 bits per heavy atom. The van der Waals surface area contributed by atoms with Gasteiger partial charge < -0.3 is 4.74 Å². The molecule has 0 atom stereocenters. The Hall–Kier alpha value is -2.29. The highest BCUT2D eigenvalue weighted by molar-refractivity contribution is 5.80. The number of hydrogen-bond donors (Lipinski definition) is 0. The molecule has 0 aliphatic rings. The summed E-state index contributed by atoms with van der Waals surface area (Å²) >= 11 is 0. The molecule has 1 aromatic heterocycles. The van der Waals surface area contributed by atoms with Gasteiger partial charge >= 0.3 is 0 Å². The molecule has 3 heteroatoms. The van der Waals surface area contributed by atoms with Crippen molar-refractivity contribution in [3.8, 4) is 11.4 Å². The lowest BCUT2D eigenvalue weighted by Crippen LogP contribution is -1.97. The predicted molar refractivity (Wildman–Crippen MR) is 77.1 cm³/mol. The van der Waals surface area contributed by atoms with Crippen molar-refractivity contribution in [2.75, 3.05) is 7.11 Å². The number of aromatic nitrogens is 2. The van der Waals surface area contributed by atoms with E-state index >= 15 is 0 Å². The van der Waals surface area contributed by atoms with Gasteiger partial charge in [0.1, 0.15) is 11.6 Å². The lowest BCUT2D eigenvalue weighted by molar-refractivity contribution is 0.415. The summed E-state index contributed by atoms with van der Waals surface area (Å²) < 4.78 is 7.46. The van der Waals surface area contributed by atoms with Crippen LogP contribution in [0.2, 0.25) is 0 Å². The Labute approximate surface area is 112 Å². The third-order valence-corrected chi connectivity index (χ3v) is 3.29. The van der Waals surface area contributed by atoms with Crippen LogP contribution in [0.5, 0.6) is 5.75 Å². The van der Waals surface area contributed by atoms with Gasteiger partial charge in [0.2, 0.25) is 0 Å². The maximum atomic E-state index is 5.31. The van der Waals surface area contributed by atoms with Crippen LogP contribution in [0.15, 0.2) is 42.5 Å². The van der Waals surface area contributed by atoms with Crippen molar-refractivity contribution in [1.82, 2.24) is 9.55 Å². The average Bonchev–Trinajstić information content (AvgIpc) is 2.73. The molecule has 0 radical (unpaired) electrons. The van der Waals surface area contributed by atoms with Gasteiger partial charge in [0, 0.05) is 11.8 Å². The summed E-state index contributed by atoms with van der Waals surface area (Å²) in [6.07, 6.45) is 0. The van der Waals surface area contributed by atoms with Crippen molar-refractivity contribution in [2.45, 2.75) is 13.8 Å². The van der Waals surface area contributed by atoms with Crippen LogP contribution in [0.25, 0.3) is 16.7 Å². The summed E-state index contributed by atoms with van der Waals surface area (Å²) in [6.45, 7) is 4.12. The van der Waals surface area contributed by atoms with E-state index in [2.05, 4.69) is 40.7 Å². The van der Waals surface area contributed by atoms with Crippen LogP contribution in [0, 0.1) is 13.8 Å². The molecule has 0 aliphatic heterocycles. The molecule has 0 aliphatic carbocycles. The van der Waals surface area contributed by atoms with Gasteiger partial charge in [-0.15, -0.1) is 0 Å². The van der Waals surface area contributed by atoms with Gasteiger partial charge in [-0.2, -0.15) is 0 Å². The van der Waals surface area contributed by atoms with E-state index in [4.69, 9.17) is 4.74 Å². The molecule has 0 fully saturated rings. The fraction of sp³-hybridized carbons (Fsp3) is 0.188. The largest absolute Gasteiger partial charge is 0.497 e. The summed E-state index contributed by atoms with van der Waals surface area (Å²) in [5, 5.41) is 0. The first-order valence-corrected chi connectivity index (χ1v) is 6.29. The monoisotopic (exact) mass is 252 g/mol. The maximum absolute atomic E-state index is 5.31. The number of aryl methyl sites for hydroxylation is 2. The van der Waals surface area contributed by atoms with E-state index in [1.54, 1.807) is 7.11 Å². The molecule has 2 aromatic carbocycles. The predicted octanol–water partition coefficient (Wildman–Crippen LogP) is 3.65. The Balaban J connectivity index is 2.30. The number of fused-ring (bicyclic) bond motifs is 1. The van der Waals surface area contributed by atoms with Crippen LogP contribution in [0.1, 0.15) is 11.4 Å². The lowest BCUT2D eigenvalue weighted by atomic mass is 10.2. The van der Waals surface area contributed by atoms with E-state index in [9.17, 15) is 0 Å². The van der Waals surface area contributed by atoms with Gasteiger partial charge in [-0.25, -0.2) is 4.98 Å². The van der Waals surface area contributed by atoms with Crippen LogP contribution in [-0.2, 0) is 0 Å². The Morgan fingerprint density at radius 3 is 2.63 bits per heavy atom. The number of imidazole rings is 1. The molecule has 0 saturated heterocycles. The van der Waals surface area contributed by atoms with Crippen LogP contribution in [-0.4, -0.2) is 16.7 Å². The van der Waals surface area contributed by atoms with Crippen molar-refractivity contribution < 1.29 is 4.74 Å². The third-order valence-electron chi connectivity index (χ3n) is 3.29. The maximum Gasteiger partial charge on any atom is 0.121 e. The number of nitrogens with zero attached hydrogens (tertiary/aromatic N) is 2. The van der Waals surface area contributed by atoms with Gasteiger partial charge in [0.15, 0.2) is 0 Å². The first-order chi connectivity index (χ1) is 9.19. The second kappa shape index (κ2) is 4.43. The fourth-order valence-corrected chi connectivity index (χ4v) is 2.40. The van der Waals surface area contributed by atoms with Gasteiger partial charge in [-0.1, -0.05) is 12.1 Å². The number of ether oxygens (including phenoxy) is 1. The molecule has 0 bridgehead atoms. The highest BCUT2D eigenvalue weighted by atomic mass is 16.5. The molecular formula is C16H16N2O. The van der Waals surface area contributed by atoms with E-state index in [1.165, 1.54) is 5.56 Å². The molecule has 0 N–H and O–H groups in total. The van der Waals surface area contributed by atoms with Crippen molar-refractivity contribution in [3.05, 3.63) is 53.9 Å². The fourth-order valence-electron chi connectivity index (χ4n) is 2.40. The minimum absolute atomic E-state index is 0.848. The first-order valence-electron chi connectivity index (χ1n) is 6.29. The van der Waals surface area contributed by atoms with Gasteiger partial charge in [-0.05, 0) is 43.7 Å². The van der Waals surface area contributed by atoms with Gasteiger partial charge in [-0.3, -0.25) is 4.57 Å². The number of benzene rings is 2. The molecular weight excluding hydrogens is 236 g/mol. The molecule has 0 amide bonds. The summed E-state index contributed by atoms with van der Waals surface area (Å²) in [7, 11) is 1.68. The second-order valence-corrected chi connectivity index (χ2v) is 4.69.